The molecule has 2 heterocycles. The number of carboxylic acids is 1. The summed E-state index contributed by atoms with van der Waals surface area (Å²) in [7, 11) is 3.10. The number of nitrogens with zero attached hydrogens (tertiary/aromatic N) is 3. The van der Waals surface area contributed by atoms with E-state index in [-0.39, 0.29) is 5.82 Å². The second-order valence-corrected chi connectivity index (χ2v) is 11.3. The Kier molecular flexibility index (Phi) is 7.94. The van der Waals surface area contributed by atoms with Crippen molar-refractivity contribution in [1.29, 1.82) is 0 Å². The van der Waals surface area contributed by atoms with Crippen LogP contribution in [0.2, 0.25) is 0 Å². The summed E-state index contributed by atoms with van der Waals surface area (Å²) < 4.78 is 32.7. The number of halogens is 1. The third-order valence-corrected chi connectivity index (χ3v) is 7.10. The van der Waals surface area contributed by atoms with Crippen molar-refractivity contribution >= 4 is 11.6 Å². The fourth-order valence-corrected chi connectivity index (χ4v) is 5.17. The Hall–Kier alpha value is -4.76. The highest BCUT2D eigenvalue weighted by atomic mass is 19.1. The number of fused-ring (bicyclic) bond motifs is 1. The number of aromatic nitrogens is 3. The minimum atomic E-state index is -1.30. The molecule has 0 saturated carbocycles. The van der Waals surface area contributed by atoms with Crippen molar-refractivity contribution in [3.05, 3.63) is 89.4 Å². The van der Waals surface area contributed by atoms with Crippen LogP contribution in [0.4, 0.5) is 4.39 Å². The number of ether oxygens (including phenoxy) is 3. The zero-order chi connectivity index (χ0) is 31.1. The van der Waals surface area contributed by atoms with Crippen molar-refractivity contribution < 1.29 is 28.5 Å². The molecule has 2 aromatic heterocycles. The smallest absolute Gasteiger partial charge is 0.337 e. The normalized spacial score (nSPS) is 12.4. The quantitative estimate of drug-likeness (QED) is 0.203. The van der Waals surface area contributed by atoms with E-state index in [1.807, 2.05) is 76.2 Å². The van der Waals surface area contributed by atoms with E-state index in [1.165, 1.54) is 19.2 Å². The molecule has 0 aliphatic rings. The highest BCUT2D eigenvalue weighted by Gasteiger charge is 2.33. The summed E-state index contributed by atoms with van der Waals surface area (Å²) in [5, 5.41) is 15.3. The van der Waals surface area contributed by atoms with Crippen molar-refractivity contribution in [3.63, 3.8) is 0 Å². The van der Waals surface area contributed by atoms with Crippen LogP contribution in [0.15, 0.2) is 66.7 Å². The Morgan fingerprint density at radius 2 is 1.63 bits per heavy atom. The number of hydrogen-bond donors (Lipinski definition) is 1. The second-order valence-electron chi connectivity index (χ2n) is 11.3. The van der Waals surface area contributed by atoms with Gasteiger partial charge in [0.15, 0.2) is 11.8 Å². The Morgan fingerprint density at radius 3 is 2.30 bits per heavy atom. The maximum Gasteiger partial charge on any atom is 0.337 e. The summed E-state index contributed by atoms with van der Waals surface area (Å²) in [6.45, 7) is 9.16. The van der Waals surface area contributed by atoms with Crippen LogP contribution in [0.25, 0.3) is 39.3 Å². The molecule has 1 N–H and O–H groups in total. The largest absolute Gasteiger partial charge is 0.496 e. The minimum Gasteiger partial charge on any atom is -0.496 e. The van der Waals surface area contributed by atoms with Gasteiger partial charge in [0.2, 0.25) is 0 Å². The first kappa shape index (κ1) is 29.7. The van der Waals surface area contributed by atoms with Crippen LogP contribution < -0.4 is 9.47 Å². The number of aliphatic carboxylic acids is 1. The van der Waals surface area contributed by atoms with Gasteiger partial charge in [0.05, 0.1) is 31.2 Å². The molecular weight excluding hydrogens is 549 g/mol. The Labute approximate surface area is 249 Å². The molecule has 222 valence electrons. The molecule has 0 aliphatic heterocycles. The van der Waals surface area contributed by atoms with Gasteiger partial charge in [-0.15, -0.1) is 0 Å². The van der Waals surface area contributed by atoms with Gasteiger partial charge in [-0.05, 0) is 70.0 Å². The van der Waals surface area contributed by atoms with Gasteiger partial charge in [-0.3, -0.25) is 0 Å². The molecule has 0 aliphatic carbocycles. The van der Waals surface area contributed by atoms with Gasteiger partial charge in [-0.1, -0.05) is 30.3 Å². The summed E-state index contributed by atoms with van der Waals surface area (Å²) in [6, 6.07) is 19.7. The predicted molar refractivity (Wildman–Crippen MR) is 163 cm³/mol. The molecule has 3 aromatic carbocycles. The number of aryl methyl sites for hydroxylation is 2. The lowest BCUT2D eigenvalue weighted by molar-refractivity contribution is -0.160. The number of benzene rings is 3. The van der Waals surface area contributed by atoms with Crippen LogP contribution in [-0.2, 0) is 9.53 Å². The van der Waals surface area contributed by atoms with Crippen LogP contribution in [0.1, 0.15) is 43.7 Å². The van der Waals surface area contributed by atoms with Crippen molar-refractivity contribution in [3.8, 4) is 45.1 Å². The maximum absolute atomic E-state index is 13.9. The maximum atomic E-state index is 13.9. The zero-order valence-corrected chi connectivity index (χ0v) is 25.2. The lowest BCUT2D eigenvalue weighted by Gasteiger charge is -2.27. The number of carbonyl (C=O) groups is 1. The summed E-state index contributed by atoms with van der Waals surface area (Å²) in [4.78, 5) is 17.4. The molecule has 0 unspecified atom stereocenters. The first-order chi connectivity index (χ1) is 20.4. The van der Waals surface area contributed by atoms with Gasteiger partial charge in [0, 0.05) is 40.1 Å². The molecule has 9 heteroatoms. The topological polar surface area (TPSA) is 95.2 Å². The first-order valence-electron chi connectivity index (χ1n) is 13.8. The van der Waals surface area contributed by atoms with Gasteiger partial charge < -0.3 is 19.3 Å². The molecule has 0 amide bonds. The fourth-order valence-electron chi connectivity index (χ4n) is 5.17. The lowest BCUT2D eigenvalue weighted by Crippen LogP contribution is -2.29. The molecule has 0 radical (unpaired) electrons. The van der Waals surface area contributed by atoms with Gasteiger partial charge in [0.25, 0.3) is 0 Å². The van der Waals surface area contributed by atoms with Gasteiger partial charge in [0.1, 0.15) is 17.3 Å². The molecule has 5 rings (SSSR count). The third-order valence-electron chi connectivity index (χ3n) is 7.10. The van der Waals surface area contributed by atoms with Crippen LogP contribution in [-0.4, -0.2) is 45.5 Å². The molecule has 5 aromatic rings. The number of carboxylic acid groups (broad SMARTS) is 1. The van der Waals surface area contributed by atoms with E-state index in [9.17, 15) is 14.3 Å². The summed E-state index contributed by atoms with van der Waals surface area (Å²) >= 11 is 0. The molecule has 0 fully saturated rings. The van der Waals surface area contributed by atoms with Crippen LogP contribution in [0.5, 0.6) is 11.5 Å². The Balaban J connectivity index is 1.76. The second kappa shape index (κ2) is 11.5. The van der Waals surface area contributed by atoms with Crippen molar-refractivity contribution in [2.45, 2.75) is 46.3 Å². The minimum absolute atomic E-state index is 0.385. The number of rotatable bonds is 8. The van der Waals surface area contributed by atoms with Gasteiger partial charge >= 0.3 is 5.97 Å². The van der Waals surface area contributed by atoms with Crippen LogP contribution in [0.3, 0.4) is 0 Å². The zero-order valence-electron chi connectivity index (χ0n) is 25.2. The highest BCUT2D eigenvalue weighted by Crippen LogP contribution is 2.38. The average Bonchev–Trinajstić information content (AvgIpc) is 3.38. The molecule has 0 spiro atoms. The predicted octanol–water partition coefficient (Wildman–Crippen LogP) is 7.44. The standard InChI is InChI=1S/C34H34FN3O5/c1-19-11-12-23(16-27(19)41-6)31-30(32(33(39)40)43-34(3,4)5)20(2)36-29-18-26(37-38(29)31)22-10-8-9-21(15-22)25-14-13-24(35)17-28(25)42-7/h8-18,32H,1-7H3,(H,39,40)/t32-/m0/s1. The van der Waals surface area contributed by atoms with Crippen LogP contribution in [0, 0.1) is 19.7 Å². The fraction of sp³-hybridized carbons (Fsp3) is 0.265. The summed E-state index contributed by atoms with van der Waals surface area (Å²) in [6.07, 6.45) is -1.30. The van der Waals surface area contributed by atoms with Crippen molar-refractivity contribution in [2.75, 3.05) is 14.2 Å². The third kappa shape index (κ3) is 5.94. The lowest BCUT2D eigenvalue weighted by atomic mass is 9.98. The summed E-state index contributed by atoms with van der Waals surface area (Å²) in [5.74, 6) is -0.441. The number of hydrogen-bond acceptors (Lipinski definition) is 6. The van der Waals surface area contributed by atoms with Crippen LogP contribution >= 0.6 is 0 Å². The van der Waals surface area contributed by atoms with E-state index >= 15 is 0 Å². The highest BCUT2D eigenvalue weighted by molar-refractivity contribution is 5.82. The van der Waals surface area contributed by atoms with E-state index in [0.29, 0.717) is 45.4 Å². The Morgan fingerprint density at radius 1 is 0.907 bits per heavy atom. The van der Waals surface area contributed by atoms with E-state index in [4.69, 9.17) is 24.3 Å². The Bertz CT molecular complexity index is 1840. The van der Waals surface area contributed by atoms with E-state index in [1.54, 1.807) is 24.6 Å². The van der Waals surface area contributed by atoms with E-state index in [0.717, 1.165) is 22.3 Å². The molecule has 1 atom stereocenters. The molecule has 0 saturated heterocycles. The van der Waals surface area contributed by atoms with Gasteiger partial charge in [-0.2, -0.15) is 5.10 Å². The first-order valence-corrected chi connectivity index (χ1v) is 13.8. The number of methoxy groups -OCH3 is 2. The SMILES string of the molecule is COc1cc(-c2c([C@H](OC(C)(C)C)C(=O)O)c(C)nc3cc(-c4cccc(-c5ccc(F)cc5OC)c4)nn23)ccc1C. The molecule has 43 heavy (non-hydrogen) atoms. The molecule has 0 bridgehead atoms. The van der Waals surface area contributed by atoms with E-state index in [2.05, 4.69) is 0 Å². The average molecular weight is 584 g/mol. The van der Waals surface area contributed by atoms with Crippen molar-refractivity contribution in [2.24, 2.45) is 0 Å². The monoisotopic (exact) mass is 583 g/mol. The molecular formula is C34H34FN3O5. The van der Waals surface area contributed by atoms with Crippen molar-refractivity contribution in [1.82, 2.24) is 14.6 Å². The summed E-state index contributed by atoms with van der Waals surface area (Å²) in [5.41, 5.74) is 5.86. The molecule has 8 nitrogen and oxygen atoms in total. The van der Waals surface area contributed by atoms with E-state index < -0.39 is 17.7 Å². The van der Waals surface area contributed by atoms with Gasteiger partial charge in [-0.25, -0.2) is 18.7 Å².